The van der Waals surface area contributed by atoms with E-state index in [4.69, 9.17) is 0 Å². The summed E-state index contributed by atoms with van der Waals surface area (Å²) in [6, 6.07) is 8.04. The van der Waals surface area contributed by atoms with E-state index in [2.05, 4.69) is 20.9 Å². The van der Waals surface area contributed by atoms with Crippen LogP contribution in [0.15, 0.2) is 46.0 Å². The number of fused-ring (bicyclic) bond motifs is 1. The van der Waals surface area contributed by atoms with Crippen LogP contribution in [0.2, 0.25) is 0 Å². The standard InChI is InChI=1S/C13H9BrN2O3S/c1-8-6-11-12(15-7-8)20(18,19)16(13(11)17)10-4-2-9(14)3-5-10/h2-7H,1H3. The van der Waals surface area contributed by atoms with Crippen molar-refractivity contribution in [1.82, 2.24) is 4.98 Å². The van der Waals surface area contributed by atoms with Gasteiger partial charge in [0.2, 0.25) is 0 Å². The molecule has 2 aromatic rings. The molecule has 0 aliphatic carbocycles. The van der Waals surface area contributed by atoms with Crippen LogP contribution in [0.3, 0.4) is 0 Å². The zero-order valence-electron chi connectivity index (χ0n) is 10.4. The number of rotatable bonds is 1. The molecule has 3 rings (SSSR count). The number of aromatic nitrogens is 1. The van der Waals surface area contributed by atoms with Crippen LogP contribution >= 0.6 is 15.9 Å². The molecule has 0 bridgehead atoms. The smallest absolute Gasteiger partial charge is 0.267 e. The van der Waals surface area contributed by atoms with E-state index in [1.807, 2.05) is 0 Å². The van der Waals surface area contributed by atoms with Crippen molar-refractivity contribution in [2.24, 2.45) is 0 Å². The lowest BCUT2D eigenvalue weighted by molar-refractivity contribution is 0.101. The molecule has 7 heteroatoms. The number of carbonyl (C=O) groups excluding carboxylic acids is 1. The maximum atomic E-state index is 12.4. The summed E-state index contributed by atoms with van der Waals surface area (Å²) in [5.74, 6) is -0.571. The van der Waals surface area contributed by atoms with E-state index in [0.717, 1.165) is 14.3 Å². The van der Waals surface area contributed by atoms with Gasteiger partial charge < -0.3 is 0 Å². The number of halogens is 1. The lowest BCUT2D eigenvalue weighted by Gasteiger charge is -2.14. The SMILES string of the molecule is Cc1cnc2c(c1)C(=O)N(c1ccc(Br)cc1)S2(=O)=O. The number of anilines is 1. The predicted octanol–water partition coefficient (Wildman–Crippen LogP) is 2.50. The number of carbonyl (C=O) groups is 1. The average molecular weight is 353 g/mol. The van der Waals surface area contributed by atoms with E-state index in [-0.39, 0.29) is 10.6 Å². The lowest BCUT2D eigenvalue weighted by Crippen LogP contribution is -2.29. The van der Waals surface area contributed by atoms with Gasteiger partial charge in [0.25, 0.3) is 15.9 Å². The van der Waals surface area contributed by atoms with Crippen molar-refractivity contribution in [2.75, 3.05) is 4.31 Å². The van der Waals surface area contributed by atoms with Gasteiger partial charge in [-0.15, -0.1) is 0 Å². The first-order valence-corrected chi connectivity index (χ1v) is 7.96. The van der Waals surface area contributed by atoms with E-state index in [9.17, 15) is 13.2 Å². The third-order valence-corrected chi connectivity index (χ3v) is 5.15. The number of hydrogen-bond acceptors (Lipinski definition) is 4. The quantitative estimate of drug-likeness (QED) is 0.790. The van der Waals surface area contributed by atoms with Crippen molar-refractivity contribution < 1.29 is 13.2 Å². The second-order valence-electron chi connectivity index (χ2n) is 4.42. The number of nitrogens with zero attached hydrogens (tertiary/aromatic N) is 2. The minimum atomic E-state index is -3.92. The van der Waals surface area contributed by atoms with Gasteiger partial charge in [0.1, 0.15) is 0 Å². The van der Waals surface area contributed by atoms with Crippen LogP contribution in [0.25, 0.3) is 0 Å². The van der Waals surface area contributed by atoms with Crippen LogP contribution in [-0.2, 0) is 10.0 Å². The zero-order valence-corrected chi connectivity index (χ0v) is 12.8. The molecule has 20 heavy (non-hydrogen) atoms. The summed E-state index contributed by atoms with van der Waals surface area (Å²) in [6.07, 6.45) is 1.44. The molecular weight excluding hydrogens is 344 g/mol. The number of hydrogen-bond donors (Lipinski definition) is 0. The van der Waals surface area contributed by atoms with Crippen LogP contribution in [0.4, 0.5) is 5.69 Å². The molecule has 0 fully saturated rings. The summed E-state index contributed by atoms with van der Waals surface area (Å²) in [5, 5.41) is -0.184. The molecule has 1 amide bonds. The summed E-state index contributed by atoms with van der Waals surface area (Å²) in [6.45, 7) is 1.76. The number of pyridine rings is 1. The molecule has 0 unspecified atom stereocenters. The molecular formula is C13H9BrN2O3S. The maximum absolute atomic E-state index is 12.4. The molecule has 1 aromatic heterocycles. The van der Waals surface area contributed by atoms with Crippen LogP contribution in [0.1, 0.15) is 15.9 Å². The van der Waals surface area contributed by atoms with E-state index in [1.165, 1.54) is 6.20 Å². The van der Waals surface area contributed by atoms with Gasteiger partial charge >= 0.3 is 0 Å². The molecule has 0 atom stereocenters. The highest BCUT2D eigenvalue weighted by Gasteiger charge is 2.43. The largest absolute Gasteiger partial charge is 0.289 e. The zero-order chi connectivity index (χ0) is 14.5. The van der Waals surface area contributed by atoms with Crippen molar-refractivity contribution >= 4 is 37.5 Å². The Morgan fingerprint density at radius 3 is 2.50 bits per heavy atom. The second-order valence-corrected chi connectivity index (χ2v) is 7.03. The molecule has 0 N–H and O–H groups in total. The van der Waals surface area contributed by atoms with Gasteiger partial charge in [0.15, 0.2) is 5.03 Å². The van der Waals surface area contributed by atoms with Crippen molar-refractivity contribution in [3.8, 4) is 0 Å². The van der Waals surface area contributed by atoms with Gasteiger partial charge in [0.05, 0.1) is 11.3 Å². The first-order valence-electron chi connectivity index (χ1n) is 5.73. The number of amides is 1. The highest BCUT2D eigenvalue weighted by molar-refractivity contribution is 9.10. The highest BCUT2D eigenvalue weighted by Crippen LogP contribution is 2.33. The summed E-state index contributed by atoms with van der Waals surface area (Å²) < 4.78 is 26.4. The topological polar surface area (TPSA) is 67.3 Å². The minimum absolute atomic E-state index is 0.118. The maximum Gasteiger partial charge on any atom is 0.289 e. The first-order chi connectivity index (χ1) is 9.41. The Bertz CT molecular complexity index is 816. The minimum Gasteiger partial charge on any atom is -0.267 e. The molecule has 0 saturated carbocycles. The fraction of sp³-hybridized carbons (Fsp3) is 0.0769. The van der Waals surface area contributed by atoms with Gasteiger partial charge in [0, 0.05) is 10.7 Å². The van der Waals surface area contributed by atoms with E-state index >= 15 is 0 Å². The predicted molar refractivity (Wildman–Crippen MR) is 77.1 cm³/mol. The molecule has 0 radical (unpaired) electrons. The molecule has 102 valence electrons. The first kappa shape index (κ1) is 13.3. The van der Waals surface area contributed by atoms with Crippen molar-refractivity contribution in [3.63, 3.8) is 0 Å². The summed E-state index contributed by atoms with van der Waals surface area (Å²) in [7, 11) is -3.92. The van der Waals surface area contributed by atoms with Gasteiger partial charge in [-0.25, -0.2) is 4.98 Å². The second kappa shape index (κ2) is 4.39. The van der Waals surface area contributed by atoms with Crippen molar-refractivity contribution in [2.45, 2.75) is 11.9 Å². The normalized spacial score (nSPS) is 16.3. The van der Waals surface area contributed by atoms with Crippen LogP contribution in [-0.4, -0.2) is 19.3 Å². The molecule has 2 heterocycles. The highest BCUT2D eigenvalue weighted by atomic mass is 79.9. The van der Waals surface area contributed by atoms with Gasteiger partial charge in [-0.05, 0) is 42.8 Å². The Kier molecular flexibility index (Phi) is 2.91. The summed E-state index contributed by atoms with van der Waals surface area (Å²) >= 11 is 3.27. The van der Waals surface area contributed by atoms with Crippen molar-refractivity contribution in [1.29, 1.82) is 0 Å². The Morgan fingerprint density at radius 1 is 1.20 bits per heavy atom. The Morgan fingerprint density at radius 2 is 1.85 bits per heavy atom. The molecule has 5 nitrogen and oxygen atoms in total. The van der Waals surface area contributed by atoms with Gasteiger partial charge in [-0.3, -0.25) is 4.79 Å². The Labute approximate surface area is 124 Å². The van der Waals surface area contributed by atoms with E-state index < -0.39 is 15.9 Å². The molecule has 0 saturated heterocycles. The van der Waals surface area contributed by atoms with Crippen LogP contribution in [0, 0.1) is 6.92 Å². The number of benzene rings is 1. The fourth-order valence-corrected chi connectivity index (χ4v) is 3.82. The summed E-state index contributed by atoms with van der Waals surface area (Å²) in [4.78, 5) is 16.2. The molecule has 1 aliphatic rings. The van der Waals surface area contributed by atoms with E-state index in [0.29, 0.717) is 5.69 Å². The Hall–Kier alpha value is -1.73. The molecule has 1 aromatic carbocycles. The van der Waals surface area contributed by atoms with Crippen molar-refractivity contribution in [3.05, 3.63) is 52.1 Å². The fourth-order valence-electron chi connectivity index (χ4n) is 2.05. The monoisotopic (exact) mass is 352 g/mol. The van der Waals surface area contributed by atoms with E-state index in [1.54, 1.807) is 37.3 Å². The average Bonchev–Trinajstić information content (AvgIpc) is 2.58. The van der Waals surface area contributed by atoms with Crippen LogP contribution < -0.4 is 4.31 Å². The Balaban J connectivity index is 2.21. The molecule has 1 aliphatic heterocycles. The van der Waals surface area contributed by atoms with Gasteiger partial charge in [-0.1, -0.05) is 15.9 Å². The van der Waals surface area contributed by atoms with Crippen LogP contribution in [0.5, 0.6) is 0 Å². The lowest BCUT2D eigenvalue weighted by atomic mass is 10.2. The number of sulfonamides is 1. The molecule has 0 spiro atoms. The summed E-state index contributed by atoms with van der Waals surface area (Å²) in [5.41, 5.74) is 1.16. The van der Waals surface area contributed by atoms with Gasteiger partial charge in [-0.2, -0.15) is 12.7 Å². The third-order valence-electron chi connectivity index (χ3n) is 2.95. The third kappa shape index (κ3) is 1.85. The number of aryl methyl sites for hydroxylation is 1.